The van der Waals surface area contributed by atoms with E-state index in [-0.39, 0.29) is 11.9 Å². The quantitative estimate of drug-likeness (QED) is 0.590. The Hall–Kier alpha value is -3.54. The van der Waals surface area contributed by atoms with Gasteiger partial charge in [0, 0.05) is 35.5 Å². The Morgan fingerprint density at radius 3 is 2.59 bits per heavy atom. The number of amides is 1. The van der Waals surface area contributed by atoms with Crippen molar-refractivity contribution in [2.24, 2.45) is 0 Å². The largest absolute Gasteiger partial charge is 0.307 e. The fourth-order valence-corrected chi connectivity index (χ4v) is 3.04. The summed E-state index contributed by atoms with van der Waals surface area (Å²) in [5.74, 6) is 0.479. The lowest BCUT2D eigenvalue weighted by atomic mass is 10.0. The molecule has 3 heterocycles. The molecule has 1 N–H and O–H groups in total. The van der Waals surface area contributed by atoms with Gasteiger partial charge in [-0.3, -0.25) is 9.78 Å². The average Bonchev–Trinajstić information content (AvgIpc) is 3.16. The fraction of sp³-hybridized carbons (Fsp3) is 0.143. The molecule has 0 atom stereocenters. The van der Waals surface area contributed by atoms with E-state index < -0.39 is 0 Å². The van der Waals surface area contributed by atoms with Crippen LogP contribution in [-0.4, -0.2) is 25.7 Å². The third-order valence-electron chi connectivity index (χ3n) is 4.34. The van der Waals surface area contributed by atoms with E-state index in [2.05, 4.69) is 15.4 Å². The Labute approximate surface area is 156 Å². The molecule has 0 unspecified atom stereocenters. The molecule has 0 saturated heterocycles. The number of aromatic nitrogens is 4. The van der Waals surface area contributed by atoms with Crippen molar-refractivity contribution < 1.29 is 4.79 Å². The molecule has 0 spiro atoms. The molecule has 1 aromatic carbocycles. The van der Waals surface area contributed by atoms with Crippen molar-refractivity contribution in [2.45, 2.75) is 19.9 Å². The Morgan fingerprint density at radius 2 is 1.81 bits per heavy atom. The van der Waals surface area contributed by atoms with Crippen LogP contribution >= 0.6 is 0 Å². The van der Waals surface area contributed by atoms with E-state index in [1.54, 1.807) is 29.3 Å². The van der Waals surface area contributed by atoms with Crippen molar-refractivity contribution in [3.63, 3.8) is 0 Å². The first-order chi connectivity index (χ1) is 13.1. The van der Waals surface area contributed by atoms with Gasteiger partial charge in [0.25, 0.3) is 5.91 Å². The lowest BCUT2D eigenvalue weighted by molar-refractivity contribution is 0.102. The number of anilines is 1. The zero-order valence-corrected chi connectivity index (χ0v) is 15.1. The smallest absolute Gasteiger partial charge is 0.257 e. The van der Waals surface area contributed by atoms with Crippen molar-refractivity contribution in [1.82, 2.24) is 19.7 Å². The summed E-state index contributed by atoms with van der Waals surface area (Å²) in [6.45, 7) is 4.04. The number of hydrogen-bond donors (Lipinski definition) is 1. The topological polar surface area (TPSA) is 72.7 Å². The van der Waals surface area contributed by atoms with Gasteiger partial charge in [-0.2, -0.15) is 5.10 Å². The number of hydrogen-bond acceptors (Lipinski definition) is 4. The second kappa shape index (κ2) is 6.99. The standard InChI is InChI=1S/C21H19N5O/c1-14(2)26-20(9-12-23-26)25-21(27)17-13-19(15-7-10-22-11-8-15)24-18-6-4-3-5-16(17)18/h3-14H,1-2H3,(H,25,27). The maximum atomic E-state index is 13.1. The normalized spacial score (nSPS) is 11.1. The minimum absolute atomic E-state index is 0.150. The van der Waals surface area contributed by atoms with Crippen LogP contribution in [0.1, 0.15) is 30.2 Å². The molecule has 0 aliphatic carbocycles. The number of carbonyl (C=O) groups is 1. The summed E-state index contributed by atoms with van der Waals surface area (Å²) in [4.78, 5) is 21.8. The van der Waals surface area contributed by atoms with Gasteiger partial charge in [-0.05, 0) is 38.1 Å². The van der Waals surface area contributed by atoms with Crippen molar-refractivity contribution >= 4 is 22.6 Å². The number of carbonyl (C=O) groups excluding carboxylic acids is 1. The van der Waals surface area contributed by atoms with Crippen LogP contribution < -0.4 is 5.32 Å². The van der Waals surface area contributed by atoms with Crippen LogP contribution in [0.5, 0.6) is 0 Å². The molecular weight excluding hydrogens is 338 g/mol. The van der Waals surface area contributed by atoms with Crippen molar-refractivity contribution in [1.29, 1.82) is 0 Å². The summed E-state index contributed by atoms with van der Waals surface area (Å²) < 4.78 is 1.78. The Balaban J connectivity index is 1.80. The van der Waals surface area contributed by atoms with Crippen LogP contribution in [-0.2, 0) is 0 Å². The minimum atomic E-state index is -0.189. The van der Waals surface area contributed by atoms with Crippen LogP contribution in [0, 0.1) is 0 Å². The van der Waals surface area contributed by atoms with Crippen molar-refractivity contribution in [3.8, 4) is 11.3 Å². The summed E-state index contributed by atoms with van der Waals surface area (Å²) in [5.41, 5.74) is 2.99. The van der Waals surface area contributed by atoms with Gasteiger partial charge < -0.3 is 5.32 Å². The molecule has 134 valence electrons. The number of benzene rings is 1. The maximum Gasteiger partial charge on any atom is 0.257 e. The van der Waals surface area contributed by atoms with E-state index in [0.717, 1.165) is 22.2 Å². The number of rotatable bonds is 4. The fourth-order valence-electron chi connectivity index (χ4n) is 3.04. The first-order valence-corrected chi connectivity index (χ1v) is 8.78. The maximum absolute atomic E-state index is 13.1. The van der Waals surface area contributed by atoms with E-state index >= 15 is 0 Å². The SMILES string of the molecule is CC(C)n1nccc1NC(=O)c1cc(-c2ccncc2)nc2ccccc12. The Kier molecular flexibility index (Phi) is 4.38. The molecule has 0 radical (unpaired) electrons. The van der Waals surface area contributed by atoms with Gasteiger partial charge in [0.1, 0.15) is 5.82 Å². The molecule has 6 heteroatoms. The van der Waals surface area contributed by atoms with E-state index in [1.807, 2.05) is 56.3 Å². The summed E-state index contributed by atoms with van der Waals surface area (Å²) in [5, 5.41) is 8.06. The Bertz CT molecular complexity index is 1100. The van der Waals surface area contributed by atoms with Crippen LogP contribution in [0.3, 0.4) is 0 Å². The van der Waals surface area contributed by atoms with Crippen LogP contribution in [0.25, 0.3) is 22.2 Å². The second-order valence-corrected chi connectivity index (χ2v) is 6.52. The number of para-hydroxylation sites is 1. The molecule has 3 aromatic heterocycles. The molecule has 0 aliphatic rings. The zero-order valence-electron chi connectivity index (χ0n) is 15.1. The molecule has 1 amide bonds. The highest BCUT2D eigenvalue weighted by Crippen LogP contribution is 2.25. The molecule has 0 fully saturated rings. The lowest BCUT2D eigenvalue weighted by Gasteiger charge is -2.13. The second-order valence-electron chi connectivity index (χ2n) is 6.52. The Morgan fingerprint density at radius 1 is 1.04 bits per heavy atom. The third kappa shape index (κ3) is 3.29. The highest BCUT2D eigenvalue weighted by molar-refractivity contribution is 6.12. The first-order valence-electron chi connectivity index (χ1n) is 8.78. The average molecular weight is 357 g/mol. The third-order valence-corrected chi connectivity index (χ3v) is 4.34. The van der Waals surface area contributed by atoms with Crippen molar-refractivity contribution in [3.05, 3.63) is 72.7 Å². The molecule has 4 rings (SSSR count). The van der Waals surface area contributed by atoms with Gasteiger partial charge in [-0.25, -0.2) is 9.67 Å². The van der Waals surface area contributed by atoms with Gasteiger partial charge in [0.05, 0.1) is 23.0 Å². The van der Waals surface area contributed by atoms with Crippen LogP contribution in [0.4, 0.5) is 5.82 Å². The highest BCUT2D eigenvalue weighted by Gasteiger charge is 2.16. The molecule has 27 heavy (non-hydrogen) atoms. The lowest BCUT2D eigenvalue weighted by Crippen LogP contribution is -2.17. The van der Waals surface area contributed by atoms with Gasteiger partial charge in [-0.15, -0.1) is 0 Å². The predicted octanol–water partition coefficient (Wildman–Crippen LogP) is 4.33. The summed E-state index contributed by atoms with van der Waals surface area (Å²) >= 11 is 0. The molecular formula is C21H19N5O. The summed E-state index contributed by atoms with van der Waals surface area (Å²) in [7, 11) is 0. The van der Waals surface area contributed by atoms with Crippen LogP contribution in [0.15, 0.2) is 67.1 Å². The van der Waals surface area contributed by atoms with Crippen LogP contribution in [0.2, 0.25) is 0 Å². The van der Waals surface area contributed by atoms with E-state index in [9.17, 15) is 4.79 Å². The molecule has 4 aromatic rings. The van der Waals surface area contributed by atoms with E-state index in [4.69, 9.17) is 4.98 Å². The molecule has 6 nitrogen and oxygen atoms in total. The summed E-state index contributed by atoms with van der Waals surface area (Å²) in [6.07, 6.45) is 5.11. The number of fused-ring (bicyclic) bond motifs is 1. The van der Waals surface area contributed by atoms with Gasteiger partial charge in [-0.1, -0.05) is 18.2 Å². The number of nitrogens with one attached hydrogen (secondary N) is 1. The molecule has 0 aliphatic heterocycles. The molecule has 0 bridgehead atoms. The van der Waals surface area contributed by atoms with Crippen molar-refractivity contribution in [2.75, 3.05) is 5.32 Å². The van der Waals surface area contributed by atoms with Gasteiger partial charge >= 0.3 is 0 Å². The minimum Gasteiger partial charge on any atom is -0.307 e. The first kappa shape index (κ1) is 16.9. The number of pyridine rings is 2. The number of nitrogens with zero attached hydrogens (tertiary/aromatic N) is 4. The van der Waals surface area contributed by atoms with E-state index in [0.29, 0.717) is 11.4 Å². The van der Waals surface area contributed by atoms with Gasteiger partial charge in [0.2, 0.25) is 0 Å². The molecule has 0 saturated carbocycles. The highest BCUT2D eigenvalue weighted by atomic mass is 16.1. The predicted molar refractivity (Wildman–Crippen MR) is 106 cm³/mol. The van der Waals surface area contributed by atoms with Gasteiger partial charge in [0.15, 0.2) is 0 Å². The van der Waals surface area contributed by atoms with E-state index in [1.165, 1.54) is 0 Å². The zero-order chi connectivity index (χ0) is 18.8. The monoisotopic (exact) mass is 357 g/mol. The summed E-state index contributed by atoms with van der Waals surface area (Å²) in [6, 6.07) is 15.2.